The molecule has 0 amide bonds. The van der Waals surface area contributed by atoms with Gasteiger partial charge in [0.15, 0.2) is 0 Å². The normalized spacial score (nSPS) is 18.0. The van der Waals surface area contributed by atoms with Crippen LogP contribution in [0.1, 0.15) is 18.4 Å². The van der Waals surface area contributed by atoms with Gasteiger partial charge in [-0.1, -0.05) is 0 Å². The van der Waals surface area contributed by atoms with Crippen molar-refractivity contribution in [3.8, 4) is 5.75 Å². The maximum Gasteiger partial charge on any atom is 0.225 e. The fourth-order valence-corrected chi connectivity index (χ4v) is 2.85. The van der Waals surface area contributed by atoms with Crippen LogP contribution in [-0.2, 0) is 6.54 Å². The Kier molecular flexibility index (Phi) is 5.02. The highest BCUT2D eigenvalue weighted by Crippen LogP contribution is 2.18. The standard InChI is InChI=1S/C17H21FN4O/c1-23-15-5-6-16(18)13(10-15)11-21-14-4-2-9-22(12-14)17-19-7-3-8-20-17/h3,5-8,10,14,21H,2,4,9,11-12H2,1H3. The van der Waals surface area contributed by atoms with E-state index in [1.807, 2.05) is 6.07 Å². The van der Waals surface area contributed by atoms with Gasteiger partial charge in [-0.25, -0.2) is 14.4 Å². The maximum atomic E-state index is 13.9. The first-order valence-electron chi connectivity index (χ1n) is 7.84. The lowest BCUT2D eigenvalue weighted by Gasteiger charge is -2.33. The van der Waals surface area contributed by atoms with E-state index >= 15 is 0 Å². The van der Waals surface area contributed by atoms with Gasteiger partial charge in [0.05, 0.1) is 7.11 Å². The van der Waals surface area contributed by atoms with Crippen molar-refractivity contribution in [1.82, 2.24) is 15.3 Å². The zero-order valence-corrected chi connectivity index (χ0v) is 13.2. The molecular weight excluding hydrogens is 295 g/mol. The maximum absolute atomic E-state index is 13.9. The number of nitrogens with zero attached hydrogens (tertiary/aromatic N) is 3. The molecule has 3 rings (SSSR count). The lowest BCUT2D eigenvalue weighted by molar-refractivity contribution is 0.405. The predicted octanol–water partition coefficient (Wildman–Crippen LogP) is 2.38. The molecule has 1 atom stereocenters. The number of halogens is 1. The van der Waals surface area contributed by atoms with Gasteiger partial charge in [0, 0.05) is 43.6 Å². The summed E-state index contributed by atoms with van der Waals surface area (Å²) in [6.07, 6.45) is 5.64. The molecule has 0 radical (unpaired) electrons. The summed E-state index contributed by atoms with van der Waals surface area (Å²) in [6, 6.07) is 6.92. The second kappa shape index (κ2) is 7.37. The number of nitrogens with one attached hydrogen (secondary N) is 1. The molecule has 5 nitrogen and oxygen atoms in total. The van der Waals surface area contributed by atoms with Gasteiger partial charge in [-0.2, -0.15) is 0 Å². The zero-order valence-electron chi connectivity index (χ0n) is 13.2. The average molecular weight is 316 g/mol. The van der Waals surface area contributed by atoms with Gasteiger partial charge in [-0.05, 0) is 37.1 Å². The minimum Gasteiger partial charge on any atom is -0.497 e. The number of rotatable bonds is 5. The third-order valence-electron chi connectivity index (χ3n) is 4.09. The number of ether oxygens (including phenoxy) is 1. The third-order valence-corrected chi connectivity index (χ3v) is 4.09. The number of aromatic nitrogens is 2. The minimum atomic E-state index is -0.211. The van der Waals surface area contributed by atoms with Crippen molar-refractivity contribution < 1.29 is 9.13 Å². The molecule has 1 saturated heterocycles. The molecule has 0 aliphatic carbocycles. The lowest BCUT2D eigenvalue weighted by atomic mass is 10.1. The Balaban J connectivity index is 1.60. The number of benzene rings is 1. The van der Waals surface area contributed by atoms with Crippen LogP contribution in [0.4, 0.5) is 10.3 Å². The van der Waals surface area contributed by atoms with Gasteiger partial charge in [-0.15, -0.1) is 0 Å². The van der Waals surface area contributed by atoms with Crippen LogP contribution < -0.4 is 15.0 Å². The molecule has 1 aromatic carbocycles. The zero-order chi connectivity index (χ0) is 16.1. The quantitative estimate of drug-likeness (QED) is 0.918. The van der Waals surface area contributed by atoms with E-state index in [1.165, 1.54) is 6.07 Å². The predicted molar refractivity (Wildman–Crippen MR) is 87.1 cm³/mol. The molecule has 122 valence electrons. The van der Waals surface area contributed by atoms with E-state index in [-0.39, 0.29) is 11.9 Å². The first-order valence-corrected chi connectivity index (χ1v) is 7.84. The molecule has 1 aliphatic heterocycles. The summed E-state index contributed by atoms with van der Waals surface area (Å²) in [7, 11) is 1.59. The van der Waals surface area contributed by atoms with Crippen LogP contribution in [0, 0.1) is 5.82 Å². The number of hydrogen-bond donors (Lipinski definition) is 1. The first kappa shape index (κ1) is 15.7. The number of anilines is 1. The highest BCUT2D eigenvalue weighted by molar-refractivity contribution is 5.31. The van der Waals surface area contributed by atoms with Crippen LogP contribution in [0.3, 0.4) is 0 Å². The number of methoxy groups -OCH3 is 1. The van der Waals surface area contributed by atoms with Crippen LogP contribution in [-0.4, -0.2) is 36.2 Å². The van der Waals surface area contributed by atoms with Crippen molar-refractivity contribution >= 4 is 5.95 Å². The second-order valence-corrected chi connectivity index (χ2v) is 5.67. The monoisotopic (exact) mass is 316 g/mol. The van der Waals surface area contributed by atoms with Crippen molar-refractivity contribution in [2.45, 2.75) is 25.4 Å². The van der Waals surface area contributed by atoms with Crippen LogP contribution in [0.15, 0.2) is 36.7 Å². The molecule has 1 N–H and O–H groups in total. The highest BCUT2D eigenvalue weighted by Gasteiger charge is 2.21. The van der Waals surface area contributed by atoms with E-state index in [4.69, 9.17) is 4.74 Å². The fourth-order valence-electron chi connectivity index (χ4n) is 2.85. The summed E-state index contributed by atoms with van der Waals surface area (Å²) < 4.78 is 19.0. The molecule has 2 aromatic rings. The van der Waals surface area contributed by atoms with Crippen molar-refractivity contribution in [2.75, 3.05) is 25.1 Å². The molecule has 1 aliphatic rings. The smallest absolute Gasteiger partial charge is 0.225 e. The summed E-state index contributed by atoms with van der Waals surface area (Å²) in [4.78, 5) is 10.8. The Morgan fingerprint density at radius 1 is 1.35 bits per heavy atom. The van der Waals surface area contributed by atoms with Crippen molar-refractivity contribution in [3.05, 3.63) is 48.0 Å². The largest absolute Gasteiger partial charge is 0.497 e. The van der Waals surface area contributed by atoms with Crippen LogP contribution in [0.2, 0.25) is 0 Å². The fraction of sp³-hybridized carbons (Fsp3) is 0.412. The van der Waals surface area contributed by atoms with E-state index in [0.717, 1.165) is 31.9 Å². The van der Waals surface area contributed by atoms with Crippen LogP contribution in [0.5, 0.6) is 5.75 Å². The molecule has 0 saturated carbocycles. The average Bonchev–Trinajstić information content (AvgIpc) is 2.62. The first-order chi connectivity index (χ1) is 11.3. The van der Waals surface area contributed by atoms with Gasteiger partial charge in [0.2, 0.25) is 5.95 Å². The Morgan fingerprint density at radius 3 is 2.96 bits per heavy atom. The Bertz CT molecular complexity index is 638. The second-order valence-electron chi connectivity index (χ2n) is 5.67. The SMILES string of the molecule is COc1ccc(F)c(CNC2CCCN(c3ncccn3)C2)c1. The van der Waals surface area contributed by atoms with Crippen molar-refractivity contribution in [2.24, 2.45) is 0 Å². The van der Waals surface area contributed by atoms with Crippen LogP contribution in [0.25, 0.3) is 0 Å². The van der Waals surface area contributed by atoms with Gasteiger partial charge >= 0.3 is 0 Å². The number of hydrogen-bond acceptors (Lipinski definition) is 5. The summed E-state index contributed by atoms with van der Waals surface area (Å²) in [5.41, 5.74) is 0.623. The van der Waals surface area contributed by atoms with Gasteiger partial charge in [0.25, 0.3) is 0 Å². The van der Waals surface area contributed by atoms with Gasteiger partial charge in [0.1, 0.15) is 11.6 Å². The van der Waals surface area contributed by atoms with Crippen molar-refractivity contribution in [3.63, 3.8) is 0 Å². The van der Waals surface area contributed by atoms with E-state index in [2.05, 4.69) is 20.2 Å². The third kappa shape index (κ3) is 3.96. The highest BCUT2D eigenvalue weighted by atomic mass is 19.1. The molecule has 1 unspecified atom stereocenters. The van der Waals surface area contributed by atoms with Crippen molar-refractivity contribution in [1.29, 1.82) is 0 Å². The molecule has 1 aromatic heterocycles. The van der Waals surface area contributed by atoms with Gasteiger partial charge in [-0.3, -0.25) is 0 Å². The lowest BCUT2D eigenvalue weighted by Crippen LogP contribution is -2.46. The number of piperidine rings is 1. The minimum absolute atomic E-state index is 0.211. The van der Waals surface area contributed by atoms with E-state index in [0.29, 0.717) is 17.9 Å². The molecule has 23 heavy (non-hydrogen) atoms. The molecule has 2 heterocycles. The molecule has 1 fully saturated rings. The summed E-state index contributed by atoms with van der Waals surface area (Å²) in [5, 5.41) is 3.44. The van der Waals surface area contributed by atoms with Gasteiger partial charge < -0.3 is 15.0 Å². The molecule has 0 bridgehead atoms. The van der Waals surface area contributed by atoms with Crippen LogP contribution >= 0.6 is 0 Å². The van der Waals surface area contributed by atoms with E-state index in [1.54, 1.807) is 31.6 Å². The summed E-state index contributed by atoms with van der Waals surface area (Å²) in [5.74, 6) is 1.22. The topological polar surface area (TPSA) is 50.3 Å². The Hall–Kier alpha value is -2.21. The molecule has 6 heteroatoms. The Labute approximate surface area is 135 Å². The Morgan fingerprint density at radius 2 is 2.17 bits per heavy atom. The summed E-state index contributed by atoms with van der Waals surface area (Å²) >= 11 is 0. The van der Waals surface area contributed by atoms with E-state index in [9.17, 15) is 4.39 Å². The van der Waals surface area contributed by atoms with E-state index < -0.39 is 0 Å². The summed E-state index contributed by atoms with van der Waals surface area (Å²) in [6.45, 7) is 2.27. The molecular formula is C17H21FN4O. The molecule has 0 spiro atoms.